The number of pyridine rings is 1. The van der Waals surface area contributed by atoms with Crippen LogP contribution < -0.4 is 9.64 Å². The number of hydrogen-bond donors (Lipinski definition) is 0. The van der Waals surface area contributed by atoms with E-state index in [1.165, 1.54) is 12.3 Å². The molecule has 2 aromatic carbocycles. The standard InChI is InChI=1S/C34H29ClF3N5O4/c1-16-14-45-32-24(15-46-31(16)32)47-34-41-29-22(33(42-34)43-10-9-20(30(44)17(2)36)19(13-43)11-39-3)12-40-28(27(29)38)21-6-4-5-18-7-8-23(37)26(35)25(18)21/h4-8,12,16,19-20,24,31-32H,2,9-11,13-15H2,1H3/t16-,19+,20?,24-,31-,32-/m1/s1. The van der Waals surface area contributed by atoms with Gasteiger partial charge in [0.15, 0.2) is 23.5 Å². The Morgan fingerprint density at radius 2 is 2.00 bits per heavy atom. The van der Waals surface area contributed by atoms with Gasteiger partial charge in [-0.15, -0.1) is 0 Å². The number of ketones is 1. The Balaban J connectivity index is 1.35. The summed E-state index contributed by atoms with van der Waals surface area (Å²) in [5, 5.41) is 0.996. The molecule has 13 heteroatoms. The van der Waals surface area contributed by atoms with Gasteiger partial charge in [0, 0.05) is 42.1 Å². The molecular weight excluding hydrogens is 635 g/mol. The van der Waals surface area contributed by atoms with Crippen LogP contribution in [-0.4, -0.2) is 71.9 Å². The normalized spacial score (nSPS) is 25.6. The summed E-state index contributed by atoms with van der Waals surface area (Å²) in [5.74, 6) is -4.03. The summed E-state index contributed by atoms with van der Waals surface area (Å²) in [6.45, 7) is 13.8. The van der Waals surface area contributed by atoms with Crippen molar-refractivity contribution in [2.24, 2.45) is 17.8 Å². The molecule has 0 amide bonds. The van der Waals surface area contributed by atoms with Crippen molar-refractivity contribution in [1.29, 1.82) is 0 Å². The van der Waals surface area contributed by atoms with E-state index < -0.39 is 41.2 Å². The fraction of sp³-hybridized carbons (Fsp3) is 0.382. The first-order chi connectivity index (χ1) is 22.7. The highest BCUT2D eigenvalue weighted by Gasteiger charge is 2.47. The van der Waals surface area contributed by atoms with Crippen molar-refractivity contribution in [3.05, 3.63) is 77.0 Å². The zero-order chi connectivity index (χ0) is 33.0. The lowest BCUT2D eigenvalue weighted by Crippen LogP contribution is -2.45. The van der Waals surface area contributed by atoms with Crippen molar-refractivity contribution in [3.63, 3.8) is 0 Å². The van der Waals surface area contributed by atoms with E-state index >= 15 is 4.39 Å². The summed E-state index contributed by atoms with van der Waals surface area (Å²) in [6, 6.07) is 7.72. The number of ether oxygens (including phenoxy) is 3. The number of allylic oxidation sites excluding steroid dienone is 1. The lowest BCUT2D eigenvalue weighted by Gasteiger charge is -2.36. The number of carbonyl (C=O) groups excluding carboxylic acids is 1. The molecule has 242 valence electrons. The molecule has 0 bridgehead atoms. The fourth-order valence-electron chi connectivity index (χ4n) is 6.97. The van der Waals surface area contributed by atoms with E-state index in [2.05, 4.69) is 21.4 Å². The van der Waals surface area contributed by atoms with E-state index in [4.69, 9.17) is 37.4 Å². The van der Waals surface area contributed by atoms with Crippen molar-refractivity contribution in [2.45, 2.75) is 31.7 Å². The Labute approximate surface area is 273 Å². The third-order valence-electron chi connectivity index (χ3n) is 9.31. The molecule has 0 saturated carbocycles. The molecule has 3 aliphatic heterocycles. The minimum absolute atomic E-state index is 0.0281. The molecular formula is C34H29ClF3N5O4. The summed E-state index contributed by atoms with van der Waals surface area (Å²) in [5.41, 5.74) is 0.0742. The van der Waals surface area contributed by atoms with E-state index in [9.17, 15) is 13.6 Å². The monoisotopic (exact) mass is 663 g/mol. The van der Waals surface area contributed by atoms with Gasteiger partial charge in [-0.3, -0.25) is 9.78 Å². The third kappa shape index (κ3) is 5.46. The van der Waals surface area contributed by atoms with Gasteiger partial charge in [0.2, 0.25) is 6.54 Å². The van der Waals surface area contributed by atoms with Crippen LogP contribution in [0.15, 0.2) is 48.9 Å². The maximum absolute atomic E-state index is 16.7. The summed E-state index contributed by atoms with van der Waals surface area (Å²) in [7, 11) is 0. The lowest BCUT2D eigenvalue weighted by molar-refractivity contribution is -0.122. The van der Waals surface area contributed by atoms with Crippen molar-refractivity contribution in [2.75, 3.05) is 37.7 Å². The molecule has 0 aliphatic carbocycles. The Kier molecular flexibility index (Phi) is 8.24. The van der Waals surface area contributed by atoms with Crippen molar-refractivity contribution in [3.8, 4) is 17.3 Å². The second kappa shape index (κ2) is 12.4. The van der Waals surface area contributed by atoms with Gasteiger partial charge in [-0.05, 0) is 17.9 Å². The average Bonchev–Trinajstić information content (AvgIpc) is 3.64. The van der Waals surface area contributed by atoms with Gasteiger partial charge >= 0.3 is 6.01 Å². The first-order valence-electron chi connectivity index (χ1n) is 15.3. The molecule has 2 aromatic heterocycles. The molecule has 1 unspecified atom stereocenters. The number of nitrogens with zero attached hydrogens (tertiary/aromatic N) is 5. The zero-order valence-electron chi connectivity index (χ0n) is 25.3. The van der Waals surface area contributed by atoms with Gasteiger partial charge in [-0.25, -0.2) is 19.7 Å². The van der Waals surface area contributed by atoms with Gasteiger partial charge in [0.05, 0.1) is 35.6 Å². The van der Waals surface area contributed by atoms with E-state index in [-0.39, 0.29) is 89.8 Å². The van der Waals surface area contributed by atoms with Gasteiger partial charge in [-0.2, -0.15) is 9.97 Å². The van der Waals surface area contributed by atoms with Crippen LogP contribution in [0.1, 0.15) is 13.3 Å². The smallest absolute Gasteiger partial charge is 0.319 e. The van der Waals surface area contributed by atoms with Crippen LogP contribution in [0.4, 0.5) is 19.0 Å². The molecule has 5 heterocycles. The zero-order valence-corrected chi connectivity index (χ0v) is 26.0. The largest absolute Gasteiger partial charge is 0.455 e. The fourth-order valence-corrected chi connectivity index (χ4v) is 7.25. The molecule has 9 nitrogen and oxygen atoms in total. The number of rotatable bonds is 7. The highest BCUT2D eigenvalue weighted by Crippen LogP contribution is 2.40. The number of carbonyl (C=O) groups is 1. The van der Waals surface area contributed by atoms with E-state index in [0.29, 0.717) is 17.4 Å². The summed E-state index contributed by atoms with van der Waals surface area (Å²) in [6.07, 6.45) is 0.606. The van der Waals surface area contributed by atoms with Gasteiger partial charge in [0.25, 0.3) is 0 Å². The molecule has 0 spiro atoms. The van der Waals surface area contributed by atoms with Crippen molar-refractivity contribution in [1.82, 2.24) is 15.0 Å². The van der Waals surface area contributed by atoms with Crippen LogP contribution in [0.2, 0.25) is 5.02 Å². The molecule has 3 fully saturated rings. The van der Waals surface area contributed by atoms with E-state index in [1.54, 1.807) is 24.3 Å². The number of anilines is 1. The number of piperidine rings is 1. The molecule has 0 radical (unpaired) electrons. The molecule has 0 N–H and O–H groups in total. The first kappa shape index (κ1) is 31.3. The number of hydrogen-bond acceptors (Lipinski definition) is 8. The third-order valence-corrected chi connectivity index (χ3v) is 9.68. The summed E-state index contributed by atoms with van der Waals surface area (Å²) in [4.78, 5) is 31.5. The average molecular weight is 664 g/mol. The highest BCUT2D eigenvalue weighted by molar-refractivity contribution is 6.36. The minimum atomic E-state index is -1.05. The van der Waals surface area contributed by atoms with Crippen LogP contribution in [-0.2, 0) is 14.3 Å². The van der Waals surface area contributed by atoms with Gasteiger partial charge in [-0.1, -0.05) is 49.4 Å². The predicted octanol–water partition coefficient (Wildman–Crippen LogP) is 6.37. The minimum Gasteiger partial charge on any atom is -0.455 e. The highest BCUT2D eigenvalue weighted by atomic mass is 35.5. The van der Waals surface area contributed by atoms with E-state index in [0.717, 1.165) is 0 Å². The van der Waals surface area contributed by atoms with Crippen LogP contribution in [0, 0.1) is 36.0 Å². The SMILES string of the molecule is [C-]#[N+]C[C@H]1CN(c2nc(O[C@@H]3CO[C@H]4[C@@H]3OC[C@H]4C)nc3c(F)c(-c4cccc5ccc(F)c(Cl)c45)ncc23)CCC1C(=O)C(=C)F. The lowest BCUT2D eigenvalue weighted by atomic mass is 9.82. The predicted molar refractivity (Wildman–Crippen MR) is 169 cm³/mol. The Morgan fingerprint density at radius 3 is 2.79 bits per heavy atom. The van der Waals surface area contributed by atoms with Crippen molar-refractivity contribution < 1.29 is 32.2 Å². The second-order valence-corrected chi connectivity index (χ2v) is 12.6. The molecule has 3 saturated heterocycles. The van der Waals surface area contributed by atoms with Crippen molar-refractivity contribution >= 4 is 44.9 Å². The molecule has 4 aromatic rings. The van der Waals surface area contributed by atoms with Crippen LogP contribution in [0.25, 0.3) is 37.8 Å². The van der Waals surface area contributed by atoms with Gasteiger partial charge < -0.3 is 24.0 Å². The topological polar surface area (TPSA) is 91.0 Å². The number of halogens is 4. The summed E-state index contributed by atoms with van der Waals surface area (Å²) < 4.78 is 63.2. The molecule has 6 atom stereocenters. The Hall–Kier alpha value is -4.31. The maximum atomic E-state index is 16.7. The van der Waals surface area contributed by atoms with Crippen LogP contribution in [0.3, 0.4) is 0 Å². The summed E-state index contributed by atoms with van der Waals surface area (Å²) >= 11 is 6.37. The number of benzene rings is 2. The molecule has 47 heavy (non-hydrogen) atoms. The Bertz CT molecular complexity index is 1970. The first-order valence-corrected chi connectivity index (χ1v) is 15.6. The number of aromatic nitrogens is 3. The van der Waals surface area contributed by atoms with Crippen LogP contribution >= 0.6 is 11.6 Å². The van der Waals surface area contributed by atoms with E-state index in [1.807, 2.05) is 11.8 Å². The van der Waals surface area contributed by atoms with Gasteiger partial charge in [0.1, 0.15) is 28.9 Å². The number of Topliss-reactive ketones (excluding diaryl/α,β-unsaturated/α-hetero) is 1. The number of fused-ring (bicyclic) bond motifs is 3. The molecule has 7 rings (SSSR count). The quantitative estimate of drug-likeness (QED) is 0.166. The molecule has 3 aliphatic rings. The second-order valence-electron chi connectivity index (χ2n) is 12.2. The maximum Gasteiger partial charge on any atom is 0.319 e. The van der Waals surface area contributed by atoms with Crippen LogP contribution in [0.5, 0.6) is 6.01 Å². The Morgan fingerprint density at radius 1 is 1.19 bits per heavy atom.